The van der Waals surface area contributed by atoms with E-state index < -0.39 is 11.6 Å². The summed E-state index contributed by atoms with van der Waals surface area (Å²) in [6.45, 7) is 1.64. The van der Waals surface area contributed by atoms with Crippen LogP contribution >= 0.6 is 11.6 Å². The van der Waals surface area contributed by atoms with Gasteiger partial charge in [0.15, 0.2) is 11.6 Å². The molecule has 0 aliphatic rings. The van der Waals surface area contributed by atoms with E-state index in [1.54, 1.807) is 31.2 Å². The van der Waals surface area contributed by atoms with Crippen LogP contribution in [0.25, 0.3) is 10.9 Å². The molecule has 1 amide bonds. The zero-order valence-corrected chi connectivity index (χ0v) is 14.9. The maximum Gasteiger partial charge on any atom is 0.262 e. The second-order valence-electron chi connectivity index (χ2n) is 5.85. The molecule has 26 heavy (non-hydrogen) atoms. The number of phenolic OH excluding ortho intramolecular Hbond substituents is 1. The predicted octanol–water partition coefficient (Wildman–Crippen LogP) is 3.42. The van der Waals surface area contributed by atoms with Crippen molar-refractivity contribution in [2.75, 3.05) is 7.05 Å². The molecule has 2 N–H and O–H groups in total. The molecular formula is C19H16ClFN2O3. The summed E-state index contributed by atoms with van der Waals surface area (Å²) < 4.78 is 15.9. The summed E-state index contributed by atoms with van der Waals surface area (Å²) in [5.74, 6) is -2.09. The highest BCUT2D eigenvalue weighted by molar-refractivity contribution is 6.30. The van der Waals surface area contributed by atoms with Gasteiger partial charge in [-0.2, -0.15) is 0 Å². The van der Waals surface area contributed by atoms with Crippen molar-refractivity contribution < 1.29 is 19.1 Å². The Bertz CT molecular complexity index is 1030. The van der Waals surface area contributed by atoms with Crippen LogP contribution in [0.3, 0.4) is 0 Å². The van der Waals surface area contributed by atoms with E-state index >= 15 is 0 Å². The number of benzene rings is 2. The maximum atomic E-state index is 14.6. The molecule has 2 aromatic carbocycles. The van der Waals surface area contributed by atoms with Gasteiger partial charge in [0.2, 0.25) is 5.91 Å². The number of fused-ring (bicyclic) bond motifs is 1. The molecule has 3 rings (SSSR count). The molecule has 3 aromatic rings. The Hall–Kier alpha value is -2.86. The number of hydrogen-bond donors (Lipinski definition) is 2. The Morgan fingerprint density at radius 3 is 2.46 bits per heavy atom. The summed E-state index contributed by atoms with van der Waals surface area (Å²) in [6.07, 6.45) is -0.111. The molecule has 1 heterocycles. The van der Waals surface area contributed by atoms with Gasteiger partial charge in [0.05, 0.1) is 11.9 Å². The molecule has 0 saturated heterocycles. The Morgan fingerprint density at radius 2 is 1.85 bits per heavy atom. The number of aromatic hydroxyl groups is 1. The Morgan fingerprint density at radius 1 is 1.19 bits per heavy atom. The van der Waals surface area contributed by atoms with Crippen LogP contribution in [0, 0.1) is 12.7 Å². The SMILES string of the molecule is CNC(=O)Cc1c(C)n(C(=O)c2ccc(Cl)cc2)c2ccc(O)c(F)c12. The Balaban J connectivity index is 2.27. The summed E-state index contributed by atoms with van der Waals surface area (Å²) in [6, 6.07) is 8.98. The number of likely N-dealkylation sites (N-methyl/N-ethyl adjacent to an activating group) is 1. The molecular weight excluding hydrogens is 359 g/mol. The van der Waals surface area contributed by atoms with Gasteiger partial charge in [-0.3, -0.25) is 14.2 Å². The molecule has 0 spiro atoms. The van der Waals surface area contributed by atoms with Crippen molar-refractivity contribution in [2.45, 2.75) is 13.3 Å². The van der Waals surface area contributed by atoms with Crippen LogP contribution in [0.4, 0.5) is 4.39 Å². The van der Waals surface area contributed by atoms with E-state index in [0.717, 1.165) is 0 Å². The minimum Gasteiger partial charge on any atom is -0.505 e. The lowest BCUT2D eigenvalue weighted by Gasteiger charge is -2.08. The van der Waals surface area contributed by atoms with Crippen molar-refractivity contribution in [2.24, 2.45) is 0 Å². The van der Waals surface area contributed by atoms with Gasteiger partial charge in [-0.25, -0.2) is 4.39 Å². The van der Waals surface area contributed by atoms with Crippen molar-refractivity contribution >= 4 is 34.3 Å². The monoisotopic (exact) mass is 374 g/mol. The number of nitrogens with one attached hydrogen (secondary N) is 1. The maximum absolute atomic E-state index is 14.6. The van der Waals surface area contributed by atoms with Crippen LogP contribution in [0.5, 0.6) is 5.75 Å². The van der Waals surface area contributed by atoms with Gasteiger partial charge in [0, 0.05) is 28.7 Å². The molecule has 0 aliphatic heterocycles. The topological polar surface area (TPSA) is 71.3 Å². The summed E-state index contributed by atoms with van der Waals surface area (Å²) in [7, 11) is 1.48. The molecule has 0 saturated carbocycles. The number of rotatable bonds is 3. The largest absolute Gasteiger partial charge is 0.505 e. The van der Waals surface area contributed by atoms with Crippen LogP contribution in [0.2, 0.25) is 5.02 Å². The van der Waals surface area contributed by atoms with Gasteiger partial charge < -0.3 is 10.4 Å². The zero-order chi connectivity index (χ0) is 19.0. The van der Waals surface area contributed by atoms with Gasteiger partial charge in [0.25, 0.3) is 5.91 Å². The third kappa shape index (κ3) is 2.93. The number of aromatic nitrogens is 1. The molecule has 0 atom stereocenters. The van der Waals surface area contributed by atoms with Gasteiger partial charge in [0.1, 0.15) is 0 Å². The van der Waals surface area contributed by atoms with E-state index in [1.165, 1.54) is 23.7 Å². The van der Waals surface area contributed by atoms with Crippen LogP contribution < -0.4 is 5.32 Å². The molecule has 5 nitrogen and oxygen atoms in total. The van der Waals surface area contributed by atoms with Crippen molar-refractivity contribution in [3.63, 3.8) is 0 Å². The average molecular weight is 375 g/mol. The quantitative estimate of drug-likeness (QED) is 0.737. The minimum atomic E-state index is -0.854. The number of hydrogen-bond acceptors (Lipinski definition) is 3. The Kier molecular flexibility index (Phi) is 4.70. The van der Waals surface area contributed by atoms with E-state index in [9.17, 15) is 19.1 Å². The van der Waals surface area contributed by atoms with Crippen molar-refractivity contribution in [3.05, 3.63) is 64.1 Å². The van der Waals surface area contributed by atoms with Gasteiger partial charge in [-0.05, 0) is 48.9 Å². The fraction of sp³-hybridized carbons (Fsp3) is 0.158. The lowest BCUT2D eigenvalue weighted by atomic mass is 10.1. The fourth-order valence-electron chi connectivity index (χ4n) is 2.97. The smallest absolute Gasteiger partial charge is 0.262 e. The molecule has 134 valence electrons. The number of carbonyl (C=O) groups is 2. The summed E-state index contributed by atoms with van der Waals surface area (Å²) in [5.41, 5.74) is 1.45. The van der Waals surface area contributed by atoms with Gasteiger partial charge >= 0.3 is 0 Å². The van der Waals surface area contributed by atoms with Crippen LogP contribution in [-0.4, -0.2) is 28.5 Å². The molecule has 7 heteroatoms. The first kappa shape index (κ1) is 17.9. The normalized spacial score (nSPS) is 10.9. The van der Waals surface area contributed by atoms with E-state index in [-0.39, 0.29) is 29.1 Å². The molecule has 1 aromatic heterocycles. The van der Waals surface area contributed by atoms with Crippen molar-refractivity contribution in [1.82, 2.24) is 9.88 Å². The highest BCUT2D eigenvalue weighted by Gasteiger charge is 2.24. The van der Waals surface area contributed by atoms with Gasteiger partial charge in [-0.15, -0.1) is 0 Å². The molecule has 0 fully saturated rings. The second-order valence-corrected chi connectivity index (χ2v) is 6.29. The third-order valence-electron chi connectivity index (χ3n) is 4.32. The first-order chi connectivity index (χ1) is 12.3. The summed E-state index contributed by atoms with van der Waals surface area (Å²) >= 11 is 5.86. The Labute approximate surface area is 154 Å². The predicted molar refractivity (Wildman–Crippen MR) is 97.2 cm³/mol. The molecule has 0 bridgehead atoms. The van der Waals surface area contributed by atoms with E-state index in [1.807, 2.05) is 0 Å². The van der Waals surface area contributed by atoms with Crippen LogP contribution in [0.1, 0.15) is 21.6 Å². The number of phenols is 1. The first-order valence-corrected chi connectivity index (χ1v) is 8.25. The number of nitrogens with zero attached hydrogens (tertiary/aromatic N) is 1. The molecule has 0 radical (unpaired) electrons. The van der Waals surface area contributed by atoms with Crippen molar-refractivity contribution in [3.8, 4) is 5.75 Å². The van der Waals surface area contributed by atoms with E-state index in [0.29, 0.717) is 21.8 Å². The standard InChI is InChI=1S/C19H16ClFN2O3/c1-10-13(9-16(25)22-2)17-14(7-8-15(24)18(17)21)23(10)19(26)11-3-5-12(20)6-4-11/h3-8,24H,9H2,1-2H3,(H,22,25). The minimum absolute atomic E-state index is 0.0633. The van der Waals surface area contributed by atoms with E-state index in [2.05, 4.69) is 5.32 Å². The summed E-state index contributed by atoms with van der Waals surface area (Å²) in [5, 5.41) is 12.8. The average Bonchev–Trinajstić information content (AvgIpc) is 2.90. The number of carbonyl (C=O) groups excluding carboxylic acids is 2. The van der Waals surface area contributed by atoms with Crippen LogP contribution in [0.15, 0.2) is 36.4 Å². The zero-order valence-electron chi connectivity index (χ0n) is 14.1. The lowest BCUT2D eigenvalue weighted by Crippen LogP contribution is -2.21. The van der Waals surface area contributed by atoms with Crippen molar-refractivity contribution in [1.29, 1.82) is 0 Å². The van der Waals surface area contributed by atoms with E-state index in [4.69, 9.17) is 11.6 Å². The summed E-state index contributed by atoms with van der Waals surface area (Å²) in [4.78, 5) is 24.8. The highest BCUT2D eigenvalue weighted by atomic mass is 35.5. The fourth-order valence-corrected chi connectivity index (χ4v) is 3.10. The molecule has 0 unspecified atom stereocenters. The third-order valence-corrected chi connectivity index (χ3v) is 4.58. The second kappa shape index (κ2) is 6.80. The first-order valence-electron chi connectivity index (χ1n) is 7.87. The highest BCUT2D eigenvalue weighted by Crippen LogP contribution is 2.33. The van der Waals surface area contributed by atoms with Crippen LogP contribution in [-0.2, 0) is 11.2 Å². The number of amides is 1. The molecule has 0 aliphatic carbocycles. The lowest BCUT2D eigenvalue weighted by molar-refractivity contribution is -0.119. The number of halogens is 2. The van der Waals surface area contributed by atoms with Gasteiger partial charge in [-0.1, -0.05) is 11.6 Å².